The van der Waals surface area contributed by atoms with Crippen molar-refractivity contribution in [2.75, 3.05) is 13.6 Å². The summed E-state index contributed by atoms with van der Waals surface area (Å²) in [5.41, 5.74) is 1.01. The number of aromatic hydroxyl groups is 1. The number of hydrogen-bond donors (Lipinski definition) is 2. The van der Waals surface area contributed by atoms with Crippen LogP contribution < -0.4 is 5.32 Å². The molecule has 2 rings (SSSR count). The number of carbonyl (C=O) groups excluding carboxylic acids is 2. The van der Waals surface area contributed by atoms with Gasteiger partial charge in [-0.15, -0.1) is 0 Å². The maximum Gasteiger partial charge on any atom is 0.311 e. The molecular formula is C17H24N2O3. The maximum absolute atomic E-state index is 12.1. The first-order chi connectivity index (χ1) is 10.6. The Morgan fingerprint density at radius 1 is 1.18 bits per heavy atom. The van der Waals surface area contributed by atoms with Crippen LogP contribution in [0.3, 0.4) is 0 Å². The van der Waals surface area contributed by atoms with Crippen molar-refractivity contribution in [3.05, 3.63) is 29.8 Å². The molecule has 5 heteroatoms. The average molecular weight is 304 g/mol. The van der Waals surface area contributed by atoms with E-state index in [0.717, 1.165) is 31.2 Å². The molecule has 0 atom stereocenters. The van der Waals surface area contributed by atoms with E-state index >= 15 is 0 Å². The Bertz CT molecular complexity index is 507. The fraction of sp³-hybridized carbons (Fsp3) is 0.529. The van der Waals surface area contributed by atoms with Gasteiger partial charge in [0.2, 0.25) is 0 Å². The molecule has 0 unspecified atom stereocenters. The van der Waals surface area contributed by atoms with Gasteiger partial charge < -0.3 is 15.3 Å². The van der Waals surface area contributed by atoms with E-state index in [2.05, 4.69) is 5.32 Å². The van der Waals surface area contributed by atoms with Gasteiger partial charge in [0.05, 0.1) is 0 Å². The molecule has 0 saturated heterocycles. The molecule has 0 bridgehead atoms. The Balaban J connectivity index is 1.76. The molecular weight excluding hydrogens is 280 g/mol. The summed E-state index contributed by atoms with van der Waals surface area (Å²) >= 11 is 0. The highest BCUT2D eigenvalue weighted by Gasteiger charge is 2.26. The zero-order valence-corrected chi connectivity index (χ0v) is 13.0. The van der Waals surface area contributed by atoms with Gasteiger partial charge in [-0.3, -0.25) is 9.59 Å². The lowest BCUT2D eigenvalue weighted by atomic mass is 9.94. The Labute approximate surface area is 131 Å². The molecule has 2 N–H and O–H groups in total. The quantitative estimate of drug-likeness (QED) is 0.834. The molecule has 1 aliphatic carbocycles. The molecule has 2 amide bonds. The van der Waals surface area contributed by atoms with Gasteiger partial charge in [0.15, 0.2) is 0 Å². The number of benzene rings is 1. The Hall–Kier alpha value is -2.04. The summed E-state index contributed by atoms with van der Waals surface area (Å²) in [5.74, 6) is -0.762. The average Bonchev–Trinajstić information content (AvgIpc) is 2.56. The number of nitrogens with one attached hydrogen (secondary N) is 1. The first-order valence-corrected chi connectivity index (χ1v) is 7.91. The molecule has 0 heterocycles. The Morgan fingerprint density at radius 3 is 2.45 bits per heavy atom. The van der Waals surface area contributed by atoms with Gasteiger partial charge in [-0.1, -0.05) is 31.4 Å². The summed E-state index contributed by atoms with van der Waals surface area (Å²) in [7, 11) is 1.72. The molecule has 1 fully saturated rings. The van der Waals surface area contributed by atoms with E-state index in [-0.39, 0.29) is 11.8 Å². The standard InChI is InChI=1S/C17H24N2O3/c1-19(14-5-3-2-4-6-14)17(22)16(21)18-12-11-13-7-9-15(20)10-8-13/h7-10,14,20H,2-6,11-12H2,1H3,(H,18,21). The predicted molar refractivity (Wildman–Crippen MR) is 84.5 cm³/mol. The molecule has 0 spiro atoms. The van der Waals surface area contributed by atoms with Crippen molar-refractivity contribution in [2.24, 2.45) is 0 Å². The lowest BCUT2D eigenvalue weighted by molar-refractivity contribution is -0.146. The molecule has 120 valence electrons. The number of phenols is 1. The van der Waals surface area contributed by atoms with Gasteiger partial charge in [0, 0.05) is 19.6 Å². The van der Waals surface area contributed by atoms with E-state index in [1.165, 1.54) is 6.42 Å². The number of hydrogen-bond acceptors (Lipinski definition) is 3. The topological polar surface area (TPSA) is 69.6 Å². The second kappa shape index (κ2) is 7.82. The van der Waals surface area contributed by atoms with Gasteiger partial charge in [-0.05, 0) is 37.0 Å². The van der Waals surface area contributed by atoms with Crippen LogP contribution in [0.25, 0.3) is 0 Å². The lowest BCUT2D eigenvalue weighted by Gasteiger charge is -2.30. The van der Waals surface area contributed by atoms with Crippen LogP contribution in [0.1, 0.15) is 37.7 Å². The molecule has 1 aromatic rings. The van der Waals surface area contributed by atoms with Crippen molar-refractivity contribution >= 4 is 11.8 Å². The molecule has 1 saturated carbocycles. The second-order valence-electron chi connectivity index (χ2n) is 5.88. The molecule has 0 radical (unpaired) electrons. The smallest absolute Gasteiger partial charge is 0.311 e. The number of nitrogens with zero attached hydrogens (tertiary/aromatic N) is 1. The van der Waals surface area contributed by atoms with Crippen molar-refractivity contribution in [3.63, 3.8) is 0 Å². The van der Waals surface area contributed by atoms with Gasteiger partial charge in [-0.2, -0.15) is 0 Å². The van der Waals surface area contributed by atoms with E-state index in [9.17, 15) is 14.7 Å². The van der Waals surface area contributed by atoms with E-state index < -0.39 is 11.8 Å². The van der Waals surface area contributed by atoms with Crippen LogP contribution in [0, 0.1) is 0 Å². The number of likely N-dealkylation sites (N-methyl/N-ethyl adjacent to an activating group) is 1. The molecule has 0 aromatic heterocycles. The van der Waals surface area contributed by atoms with Crippen molar-refractivity contribution in [1.82, 2.24) is 10.2 Å². The zero-order chi connectivity index (χ0) is 15.9. The number of phenolic OH excluding ortho intramolecular Hbond substituents is 1. The summed E-state index contributed by atoms with van der Waals surface area (Å²) in [6, 6.07) is 7.02. The number of amides is 2. The van der Waals surface area contributed by atoms with E-state index in [1.807, 2.05) is 0 Å². The van der Waals surface area contributed by atoms with Crippen molar-refractivity contribution in [1.29, 1.82) is 0 Å². The summed E-state index contributed by atoms with van der Waals surface area (Å²) in [6.45, 7) is 0.411. The number of rotatable bonds is 4. The largest absolute Gasteiger partial charge is 0.508 e. The van der Waals surface area contributed by atoms with Gasteiger partial charge in [0.25, 0.3) is 0 Å². The minimum Gasteiger partial charge on any atom is -0.508 e. The molecule has 1 aromatic carbocycles. The highest BCUT2D eigenvalue weighted by molar-refractivity contribution is 6.35. The monoisotopic (exact) mass is 304 g/mol. The normalized spacial score (nSPS) is 15.3. The van der Waals surface area contributed by atoms with E-state index in [0.29, 0.717) is 13.0 Å². The summed E-state index contributed by atoms with van der Waals surface area (Å²) in [4.78, 5) is 25.6. The van der Waals surface area contributed by atoms with Crippen molar-refractivity contribution in [2.45, 2.75) is 44.6 Å². The Kier molecular flexibility index (Phi) is 5.81. The minimum atomic E-state index is -0.535. The summed E-state index contributed by atoms with van der Waals surface area (Å²) < 4.78 is 0. The van der Waals surface area contributed by atoms with Crippen molar-refractivity contribution in [3.8, 4) is 5.75 Å². The third kappa shape index (κ3) is 4.48. The summed E-state index contributed by atoms with van der Waals surface area (Å²) in [6.07, 6.45) is 6.09. The van der Waals surface area contributed by atoms with Crippen molar-refractivity contribution < 1.29 is 14.7 Å². The second-order valence-corrected chi connectivity index (χ2v) is 5.88. The first-order valence-electron chi connectivity index (χ1n) is 7.91. The lowest BCUT2D eigenvalue weighted by Crippen LogP contribution is -2.46. The fourth-order valence-electron chi connectivity index (χ4n) is 2.85. The van der Waals surface area contributed by atoms with E-state index in [4.69, 9.17) is 0 Å². The summed E-state index contributed by atoms with van der Waals surface area (Å²) in [5, 5.41) is 11.9. The Morgan fingerprint density at radius 2 is 1.82 bits per heavy atom. The third-order valence-electron chi connectivity index (χ3n) is 4.27. The molecule has 0 aliphatic heterocycles. The molecule has 5 nitrogen and oxygen atoms in total. The zero-order valence-electron chi connectivity index (χ0n) is 13.0. The van der Waals surface area contributed by atoms with Crippen LogP contribution in [-0.2, 0) is 16.0 Å². The van der Waals surface area contributed by atoms with Gasteiger partial charge >= 0.3 is 11.8 Å². The van der Waals surface area contributed by atoms with Crippen LogP contribution in [0.5, 0.6) is 5.75 Å². The SMILES string of the molecule is CN(C(=O)C(=O)NCCc1ccc(O)cc1)C1CCCCC1. The highest BCUT2D eigenvalue weighted by atomic mass is 16.3. The fourth-order valence-corrected chi connectivity index (χ4v) is 2.85. The van der Waals surface area contributed by atoms with Crippen LogP contribution in [0.15, 0.2) is 24.3 Å². The van der Waals surface area contributed by atoms with Gasteiger partial charge in [-0.25, -0.2) is 0 Å². The van der Waals surface area contributed by atoms with Crippen LogP contribution >= 0.6 is 0 Å². The van der Waals surface area contributed by atoms with E-state index in [1.54, 1.807) is 36.2 Å². The number of carbonyl (C=O) groups is 2. The first kappa shape index (κ1) is 16.3. The predicted octanol–water partition coefficient (Wildman–Crippen LogP) is 1.84. The van der Waals surface area contributed by atoms with Crippen LogP contribution in [-0.4, -0.2) is 41.5 Å². The van der Waals surface area contributed by atoms with Crippen LogP contribution in [0.2, 0.25) is 0 Å². The minimum absolute atomic E-state index is 0.198. The highest BCUT2D eigenvalue weighted by Crippen LogP contribution is 2.21. The van der Waals surface area contributed by atoms with Crippen LogP contribution in [0.4, 0.5) is 0 Å². The molecule has 22 heavy (non-hydrogen) atoms. The van der Waals surface area contributed by atoms with Gasteiger partial charge in [0.1, 0.15) is 5.75 Å². The maximum atomic E-state index is 12.1. The third-order valence-corrected chi connectivity index (χ3v) is 4.27. The molecule has 1 aliphatic rings.